The van der Waals surface area contributed by atoms with Crippen molar-refractivity contribution < 1.29 is 4.79 Å². The average molecular weight is 346 g/mol. The fourth-order valence-electron chi connectivity index (χ4n) is 2.33. The monoisotopic (exact) mass is 344 g/mol. The summed E-state index contributed by atoms with van der Waals surface area (Å²) in [5.41, 5.74) is 0.648. The second kappa shape index (κ2) is 6.25. The van der Waals surface area contributed by atoms with Crippen LogP contribution < -0.4 is 10.6 Å². The number of hydrogen-bond donors (Lipinski definition) is 2. The fourth-order valence-corrected chi connectivity index (χ4v) is 2.89. The van der Waals surface area contributed by atoms with Crippen LogP contribution in [-0.2, 0) is 0 Å². The number of halogens is 2. The lowest BCUT2D eigenvalue weighted by Crippen LogP contribution is -2.45. The number of carbonyl (C=O) groups is 1. The van der Waals surface area contributed by atoms with Gasteiger partial charge in [0.05, 0.1) is 10.6 Å². The molecule has 0 radical (unpaired) electrons. The molecule has 1 aliphatic heterocycles. The molecule has 0 aliphatic carbocycles. The molecule has 1 amide bonds. The van der Waals surface area contributed by atoms with Crippen molar-refractivity contribution in [3.63, 3.8) is 0 Å². The maximum atomic E-state index is 12.2. The van der Waals surface area contributed by atoms with Gasteiger partial charge in [-0.3, -0.25) is 4.79 Å². The van der Waals surface area contributed by atoms with Crippen LogP contribution in [0, 0.1) is 5.41 Å². The third kappa shape index (κ3) is 3.94. The molecule has 0 spiro atoms. The zero-order valence-corrected chi connectivity index (χ0v) is 13.3. The molecule has 0 saturated carbocycles. The van der Waals surface area contributed by atoms with E-state index in [9.17, 15) is 4.79 Å². The molecule has 1 heterocycles. The predicted molar refractivity (Wildman–Crippen MR) is 81.7 cm³/mol. The summed E-state index contributed by atoms with van der Waals surface area (Å²) in [7, 11) is 0. The molecule has 0 aromatic heterocycles. The normalized spacial score (nSPS) is 23.1. The summed E-state index contributed by atoms with van der Waals surface area (Å²) in [6.07, 6.45) is 2.29. The topological polar surface area (TPSA) is 41.1 Å². The number of amides is 1. The van der Waals surface area contributed by atoms with Crippen LogP contribution >= 0.6 is 27.5 Å². The minimum absolute atomic E-state index is 0.113. The van der Waals surface area contributed by atoms with Gasteiger partial charge >= 0.3 is 0 Å². The van der Waals surface area contributed by atoms with Crippen molar-refractivity contribution in [2.75, 3.05) is 19.6 Å². The van der Waals surface area contributed by atoms with Crippen LogP contribution in [0.3, 0.4) is 0 Å². The lowest BCUT2D eigenvalue weighted by molar-refractivity contribution is 0.0925. The van der Waals surface area contributed by atoms with Gasteiger partial charge in [0, 0.05) is 17.6 Å². The van der Waals surface area contributed by atoms with Crippen LogP contribution in [0.15, 0.2) is 22.7 Å². The van der Waals surface area contributed by atoms with Crippen molar-refractivity contribution in [1.82, 2.24) is 10.6 Å². The minimum atomic E-state index is -0.113. The van der Waals surface area contributed by atoms with Gasteiger partial charge in [0.15, 0.2) is 0 Å². The Morgan fingerprint density at radius 1 is 1.58 bits per heavy atom. The van der Waals surface area contributed by atoms with Gasteiger partial charge in [0.2, 0.25) is 0 Å². The van der Waals surface area contributed by atoms with E-state index in [-0.39, 0.29) is 11.3 Å². The van der Waals surface area contributed by atoms with E-state index in [1.165, 1.54) is 0 Å². The van der Waals surface area contributed by atoms with Gasteiger partial charge in [-0.1, -0.05) is 34.5 Å². The molecule has 1 unspecified atom stereocenters. The van der Waals surface area contributed by atoms with E-state index < -0.39 is 0 Å². The Morgan fingerprint density at radius 2 is 2.37 bits per heavy atom. The number of benzene rings is 1. The quantitative estimate of drug-likeness (QED) is 0.883. The molecule has 1 saturated heterocycles. The van der Waals surface area contributed by atoms with Crippen LogP contribution in [0.1, 0.15) is 30.1 Å². The van der Waals surface area contributed by atoms with Crippen LogP contribution in [0.25, 0.3) is 0 Å². The molecule has 0 bridgehead atoms. The maximum Gasteiger partial charge on any atom is 0.252 e. The highest BCUT2D eigenvalue weighted by molar-refractivity contribution is 9.10. The summed E-state index contributed by atoms with van der Waals surface area (Å²) < 4.78 is 0.854. The second-order valence-corrected chi connectivity index (χ2v) is 6.72. The van der Waals surface area contributed by atoms with Gasteiger partial charge in [-0.2, -0.15) is 0 Å². The van der Waals surface area contributed by atoms with Crippen molar-refractivity contribution in [2.45, 2.75) is 19.8 Å². The summed E-state index contributed by atoms with van der Waals surface area (Å²) in [6, 6.07) is 5.30. The molecule has 1 aromatic carbocycles. The maximum absolute atomic E-state index is 12.2. The van der Waals surface area contributed by atoms with Gasteiger partial charge in [-0.05, 0) is 43.0 Å². The molecule has 3 nitrogen and oxygen atoms in total. The highest BCUT2D eigenvalue weighted by Crippen LogP contribution is 2.25. The summed E-state index contributed by atoms with van der Waals surface area (Å²) in [5, 5.41) is 6.85. The highest BCUT2D eigenvalue weighted by atomic mass is 79.9. The smallest absolute Gasteiger partial charge is 0.252 e. The van der Waals surface area contributed by atoms with E-state index in [4.69, 9.17) is 11.6 Å². The van der Waals surface area contributed by atoms with Gasteiger partial charge in [0.25, 0.3) is 5.91 Å². The zero-order valence-electron chi connectivity index (χ0n) is 10.9. The first-order chi connectivity index (χ1) is 9.00. The number of rotatable bonds is 3. The van der Waals surface area contributed by atoms with E-state index in [2.05, 4.69) is 33.5 Å². The Hall–Kier alpha value is -0.580. The summed E-state index contributed by atoms with van der Waals surface area (Å²) in [4.78, 5) is 12.2. The summed E-state index contributed by atoms with van der Waals surface area (Å²) in [5.74, 6) is -0.113. The first-order valence-electron chi connectivity index (χ1n) is 6.44. The molecular formula is C14H18BrClN2O. The molecule has 2 rings (SSSR count). The largest absolute Gasteiger partial charge is 0.351 e. The number of nitrogens with one attached hydrogen (secondary N) is 2. The van der Waals surface area contributed by atoms with Crippen molar-refractivity contribution in [1.29, 1.82) is 0 Å². The van der Waals surface area contributed by atoms with Crippen molar-refractivity contribution in [3.05, 3.63) is 33.3 Å². The molecule has 104 valence electrons. The Balaban J connectivity index is 1.99. The van der Waals surface area contributed by atoms with E-state index in [1.807, 2.05) is 6.07 Å². The third-order valence-electron chi connectivity index (χ3n) is 3.53. The minimum Gasteiger partial charge on any atom is -0.351 e. The molecule has 1 aromatic rings. The Kier molecular flexibility index (Phi) is 4.87. The standard InChI is InChI=1S/C14H18BrClN2O/c1-14(5-2-6-17-8-14)9-18-13(19)11-7-10(15)3-4-12(11)16/h3-4,7,17H,2,5-6,8-9H2,1H3,(H,18,19). The molecule has 19 heavy (non-hydrogen) atoms. The second-order valence-electron chi connectivity index (χ2n) is 5.40. The Bertz CT molecular complexity index is 473. The van der Waals surface area contributed by atoms with Gasteiger partial charge < -0.3 is 10.6 Å². The predicted octanol–water partition coefficient (Wildman–Crippen LogP) is 3.22. The SMILES string of the molecule is CC1(CNC(=O)c2cc(Br)ccc2Cl)CCCNC1. The van der Waals surface area contributed by atoms with Gasteiger partial charge in [-0.15, -0.1) is 0 Å². The van der Waals surface area contributed by atoms with Crippen molar-refractivity contribution >= 4 is 33.4 Å². The third-order valence-corrected chi connectivity index (χ3v) is 4.36. The van der Waals surface area contributed by atoms with Gasteiger partial charge in [0.1, 0.15) is 0 Å². The fraction of sp³-hybridized carbons (Fsp3) is 0.500. The Morgan fingerprint density at radius 3 is 3.05 bits per heavy atom. The lowest BCUT2D eigenvalue weighted by atomic mass is 9.83. The molecular weight excluding hydrogens is 328 g/mol. The Labute approximate surface area is 127 Å². The summed E-state index contributed by atoms with van der Waals surface area (Å²) >= 11 is 9.41. The van der Waals surface area contributed by atoms with E-state index in [0.717, 1.165) is 30.4 Å². The number of carbonyl (C=O) groups excluding carboxylic acids is 1. The average Bonchev–Trinajstić information content (AvgIpc) is 2.40. The number of hydrogen-bond acceptors (Lipinski definition) is 2. The van der Waals surface area contributed by atoms with Crippen LogP contribution in [0.5, 0.6) is 0 Å². The zero-order chi connectivity index (χ0) is 13.9. The number of piperidine rings is 1. The van der Waals surface area contributed by atoms with E-state index in [0.29, 0.717) is 17.1 Å². The lowest BCUT2D eigenvalue weighted by Gasteiger charge is -2.34. The highest BCUT2D eigenvalue weighted by Gasteiger charge is 2.27. The molecule has 2 N–H and O–H groups in total. The van der Waals surface area contributed by atoms with E-state index in [1.54, 1.807) is 12.1 Å². The molecule has 1 atom stereocenters. The van der Waals surface area contributed by atoms with Crippen molar-refractivity contribution in [3.8, 4) is 0 Å². The summed E-state index contributed by atoms with van der Waals surface area (Å²) in [6.45, 7) is 4.88. The van der Waals surface area contributed by atoms with E-state index >= 15 is 0 Å². The molecule has 5 heteroatoms. The van der Waals surface area contributed by atoms with Crippen LogP contribution in [-0.4, -0.2) is 25.5 Å². The first-order valence-corrected chi connectivity index (χ1v) is 7.61. The van der Waals surface area contributed by atoms with Crippen molar-refractivity contribution in [2.24, 2.45) is 5.41 Å². The first kappa shape index (κ1) is 14.8. The molecule has 1 aliphatic rings. The molecule has 1 fully saturated rings. The van der Waals surface area contributed by atoms with Crippen LogP contribution in [0.2, 0.25) is 5.02 Å². The van der Waals surface area contributed by atoms with Gasteiger partial charge in [-0.25, -0.2) is 0 Å². The van der Waals surface area contributed by atoms with Crippen LogP contribution in [0.4, 0.5) is 0 Å².